The number of aliphatic hydroxyl groups is 2. The molecular weight excluding hydrogens is 1500 g/mol. The molecular formula is C102H106N8O10. The number of unbranched alkanes of at least 4 members (excludes halogenated alkanes) is 14. The Balaban J connectivity index is 1.01. The van der Waals surface area contributed by atoms with E-state index in [9.17, 15) is 19.8 Å². The summed E-state index contributed by atoms with van der Waals surface area (Å²) < 4.78 is 36.4. The maximum absolute atomic E-state index is 13.5. The highest BCUT2D eigenvalue weighted by Gasteiger charge is 2.23. The van der Waals surface area contributed by atoms with Gasteiger partial charge in [0.25, 0.3) is 11.8 Å². The number of anilines is 6. The standard InChI is InChI=1S/C102H106N8O10/c1-7-9-11-13-15-17-19-21-67-119-97-69-81(109(77-37-45-83(115-3)46-38-77)78-39-47-84(116-4)48-40-78)35-31-71(97)33-53-87-89-55-59-93(105-89)99(73-23-27-75(28-24-73)101(113)103-63-65-111)95-61-57-91(107-95)88(92-58-62-96(108-92)100(94-60-56-90(87)106-94)74-25-29-76(30-26-74)102(114)104-64-66-112)54-34-72-32-36-82(70-98(72)120-68-22-20-18-16-14-12-10-8-2)110(79-41-49-85(117-5)50-42-79)80-43-51-86(118-6)52-44-80/h23-32,35-52,55-62,69-70,105,108,111-112H,7-22,63-68H2,1-6H3,(H,103,113)(H,104,114). The Labute approximate surface area is 704 Å². The second kappa shape index (κ2) is 42.7. The van der Waals surface area contributed by atoms with Crippen LogP contribution in [0, 0.1) is 23.7 Å². The number of aromatic amines is 2. The lowest BCUT2D eigenvalue weighted by Gasteiger charge is -2.26. The molecule has 2 aliphatic heterocycles. The second-order valence-corrected chi connectivity index (χ2v) is 29.6. The Morgan fingerprint density at radius 2 is 0.667 bits per heavy atom. The number of nitrogens with one attached hydrogen (secondary N) is 4. The van der Waals surface area contributed by atoms with Crippen LogP contribution in [0.4, 0.5) is 34.1 Å². The van der Waals surface area contributed by atoms with Crippen LogP contribution in [0.1, 0.15) is 182 Å². The molecule has 11 aromatic rings. The number of aliphatic hydroxyl groups excluding tert-OH is 2. The van der Waals surface area contributed by atoms with Crippen molar-refractivity contribution >= 4 is 92.3 Å². The Morgan fingerprint density at radius 3 is 0.992 bits per heavy atom. The number of benzene rings is 8. The van der Waals surface area contributed by atoms with Gasteiger partial charge in [-0.3, -0.25) is 9.59 Å². The van der Waals surface area contributed by atoms with Gasteiger partial charge in [0.15, 0.2) is 0 Å². The van der Waals surface area contributed by atoms with E-state index in [0.29, 0.717) is 103 Å². The average molecular weight is 1600 g/mol. The molecule has 18 heteroatoms. The van der Waals surface area contributed by atoms with Gasteiger partial charge < -0.3 is 69.0 Å². The van der Waals surface area contributed by atoms with Gasteiger partial charge in [-0.15, -0.1) is 0 Å². The molecule has 0 atom stereocenters. The predicted octanol–water partition coefficient (Wildman–Crippen LogP) is 22.2. The van der Waals surface area contributed by atoms with E-state index in [1.54, 1.807) is 52.7 Å². The molecule has 5 heterocycles. The summed E-state index contributed by atoms with van der Waals surface area (Å²) in [6, 6.07) is 67.0. The highest BCUT2D eigenvalue weighted by atomic mass is 16.5. The Hall–Kier alpha value is -13.3. The molecule has 2 aliphatic rings. The summed E-state index contributed by atoms with van der Waals surface area (Å²) in [6.45, 7) is 5.26. The molecule has 0 spiro atoms. The molecule has 120 heavy (non-hydrogen) atoms. The van der Waals surface area contributed by atoms with Crippen LogP contribution < -0.4 is 48.9 Å². The summed E-state index contributed by atoms with van der Waals surface area (Å²) in [6.07, 6.45) is 26.3. The molecule has 6 N–H and O–H groups in total. The first-order chi connectivity index (χ1) is 59.0. The number of nitrogens with zero attached hydrogens (tertiary/aromatic N) is 4. The van der Waals surface area contributed by atoms with E-state index < -0.39 is 0 Å². The van der Waals surface area contributed by atoms with Gasteiger partial charge in [-0.05, 0) is 218 Å². The van der Waals surface area contributed by atoms with Crippen LogP contribution in [-0.4, -0.2) is 110 Å². The first kappa shape index (κ1) is 84.6. The third-order valence-corrected chi connectivity index (χ3v) is 21.3. The highest BCUT2D eigenvalue weighted by molar-refractivity contribution is 5.99. The Bertz CT molecular complexity index is 5230. The number of aromatic nitrogens is 4. The largest absolute Gasteiger partial charge is 0.497 e. The average Bonchev–Trinajstić information content (AvgIpc) is 1.59. The van der Waals surface area contributed by atoms with Crippen molar-refractivity contribution in [1.82, 2.24) is 30.6 Å². The predicted molar refractivity (Wildman–Crippen MR) is 485 cm³/mol. The van der Waals surface area contributed by atoms with Crippen molar-refractivity contribution in [2.24, 2.45) is 0 Å². The van der Waals surface area contributed by atoms with Gasteiger partial charge in [-0.2, -0.15) is 0 Å². The number of ether oxygens (including phenoxy) is 6. The maximum Gasteiger partial charge on any atom is 0.251 e. The van der Waals surface area contributed by atoms with Crippen LogP contribution in [0.5, 0.6) is 34.5 Å². The number of H-pyrrole nitrogens is 2. The number of carbonyl (C=O) groups is 2. The fourth-order valence-corrected chi connectivity index (χ4v) is 14.9. The van der Waals surface area contributed by atoms with E-state index in [4.69, 9.17) is 38.4 Å². The lowest BCUT2D eigenvalue weighted by molar-refractivity contribution is 0.0937. The quantitative estimate of drug-likeness (QED) is 0.0157. The first-order valence-corrected chi connectivity index (χ1v) is 41.9. The summed E-state index contributed by atoms with van der Waals surface area (Å²) in [5.74, 6) is 18.1. The summed E-state index contributed by atoms with van der Waals surface area (Å²) in [7, 11) is 6.65. The van der Waals surface area contributed by atoms with Crippen molar-refractivity contribution in [3.05, 3.63) is 262 Å². The van der Waals surface area contributed by atoms with E-state index in [2.05, 4.69) is 92.2 Å². The van der Waals surface area contributed by atoms with Gasteiger partial charge >= 0.3 is 0 Å². The summed E-state index contributed by atoms with van der Waals surface area (Å²) >= 11 is 0. The molecule has 0 aliphatic carbocycles. The molecule has 0 fully saturated rings. The molecule has 8 aromatic carbocycles. The van der Waals surface area contributed by atoms with Crippen molar-refractivity contribution in [3.8, 4) is 80.4 Å². The van der Waals surface area contributed by atoms with Crippen LogP contribution in [0.2, 0.25) is 0 Å². The van der Waals surface area contributed by atoms with Crippen molar-refractivity contribution in [1.29, 1.82) is 0 Å². The van der Waals surface area contributed by atoms with Gasteiger partial charge in [0.05, 0.1) is 111 Å². The van der Waals surface area contributed by atoms with Gasteiger partial charge in [0.2, 0.25) is 0 Å². The Kier molecular flexibility index (Phi) is 30.2. The number of rotatable bonds is 38. The van der Waals surface area contributed by atoms with Gasteiger partial charge in [-0.25, -0.2) is 9.97 Å². The molecule has 18 nitrogen and oxygen atoms in total. The Morgan fingerprint density at radius 1 is 0.358 bits per heavy atom. The fraction of sp³-hybridized carbons (Fsp3) is 0.275. The molecule has 8 bridgehead atoms. The highest BCUT2D eigenvalue weighted by Crippen LogP contribution is 2.43. The van der Waals surface area contributed by atoms with E-state index in [1.807, 2.05) is 182 Å². The van der Waals surface area contributed by atoms with Gasteiger partial charge in [-0.1, -0.05) is 152 Å². The van der Waals surface area contributed by atoms with Crippen LogP contribution in [-0.2, 0) is 0 Å². The fourth-order valence-electron chi connectivity index (χ4n) is 14.9. The summed E-state index contributed by atoms with van der Waals surface area (Å²) in [4.78, 5) is 50.1. The minimum atomic E-state index is -0.317. The van der Waals surface area contributed by atoms with Crippen molar-refractivity contribution in [3.63, 3.8) is 0 Å². The SMILES string of the molecule is CCCCCCCCCCOc1cc(N(c2ccc(OC)cc2)c2ccc(OC)cc2)ccc1C#Cc1c2nc(c(-c3ccc(C(=O)NCCO)cc3)c3ccc([nH]3)c(C#Cc3ccc(N(c4ccc(OC)cc4)c4ccc(OC)cc4)cc3OCCCCCCCCCC)c3nc(c(-c4ccc(C(=O)NCCO)cc4)c4ccc1[nH]4)C=C3)C=C2. The minimum absolute atomic E-state index is 0.105. The van der Waals surface area contributed by atoms with Gasteiger partial charge in [0, 0.05) is 92.6 Å². The third kappa shape index (κ3) is 21.5. The second-order valence-electron chi connectivity index (χ2n) is 29.6. The zero-order valence-electron chi connectivity index (χ0n) is 69.4. The molecule has 3 aromatic heterocycles. The third-order valence-electron chi connectivity index (χ3n) is 21.3. The van der Waals surface area contributed by atoms with E-state index in [1.165, 1.54) is 64.2 Å². The topological polar surface area (TPSA) is 218 Å². The monoisotopic (exact) mass is 1600 g/mol. The number of fused-ring (bicyclic) bond motifs is 8. The molecule has 614 valence electrons. The first-order valence-electron chi connectivity index (χ1n) is 41.9. The molecule has 2 amide bonds. The van der Waals surface area contributed by atoms with E-state index in [-0.39, 0.29) is 38.1 Å². The van der Waals surface area contributed by atoms with Crippen LogP contribution >= 0.6 is 0 Å². The maximum atomic E-state index is 13.5. The molecule has 0 unspecified atom stereocenters. The van der Waals surface area contributed by atoms with Crippen LogP contribution in [0.15, 0.2) is 206 Å². The number of amides is 2. The zero-order chi connectivity index (χ0) is 83.4. The molecule has 0 saturated carbocycles. The number of carbonyl (C=O) groups excluding carboxylic acids is 2. The molecule has 0 saturated heterocycles. The lowest BCUT2D eigenvalue weighted by atomic mass is 10.0. The van der Waals surface area contributed by atoms with Crippen molar-refractivity contribution in [2.75, 3.05) is 77.8 Å². The molecule has 0 radical (unpaired) electrons. The van der Waals surface area contributed by atoms with E-state index in [0.717, 1.165) is 118 Å². The number of methoxy groups -OCH3 is 4. The number of hydrogen-bond donors (Lipinski definition) is 6. The zero-order valence-corrected chi connectivity index (χ0v) is 69.4. The van der Waals surface area contributed by atoms with Crippen LogP contribution in [0.25, 0.3) is 68.6 Å². The lowest BCUT2D eigenvalue weighted by Crippen LogP contribution is -2.26. The van der Waals surface area contributed by atoms with Crippen LogP contribution in [0.3, 0.4) is 0 Å². The van der Waals surface area contributed by atoms with Crippen molar-refractivity contribution in [2.45, 2.75) is 117 Å². The van der Waals surface area contributed by atoms with Crippen molar-refractivity contribution < 1.29 is 48.2 Å². The smallest absolute Gasteiger partial charge is 0.251 e. The normalized spacial score (nSPS) is 11.3. The minimum Gasteiger partial charge on any atom is -0.497 e. The van der Waals surface area contributed by atoms with E-state index >= 15 is 0 Å². The summed E-state index contributed by atoms with van der Waals surface area (Å²) in [5, 5.41) is 24.9. The molecule has 13 rings (SSSR count). The summed E-state index contributed by atoms with van der Waals surface area (Å²) in [5.41, 5.74) is 16.7. The van der Waals surface area contributed by atoms with Gasteiger partial charge in [0.1, 0.15) is 34.5 Å². The number of hydrogen-bond acceptors (Lipinski definition) is 14.